The lowest BCUT2D eigenvalue weighted by Gasteiger charge is -2.11. The number of unbranched alkanes of at least 4 members (excludes halogenated alkanes) is 14. The third-order valence-electron chi connectivity index (χ3n) is 6.23. The van der Waals surface area contributed by atoms with Crippen molar-refractivity contribution >= 4 is 11.9 Å². The van der Waals surface area contributed by atoms with Crippen LogP contribution >= 0.6 is 0 Å². The topological polar surface area (TPSA) is 61.8 Å². The molecule has 0 fully saturated rings. The molecule has 0 rings (SSSR count). The number of carbonyl (C=O) groups is 2. The summed E-state index contributed by atoms with van der Waals surface area (Å²) in [4.78, 5) is 23.5. The minimum absolute atomic E-state index is 0.101. The van der Waals surface area contributed by atoms with Gasteiger partial charge >= 0.3 is 11.9 Å². The molecule has 0 saturated carbocycles. The van der Waals surface area contributed by atoms with Crippen molar-refractivity contribution in [2.24, 2.45) is 5.92 Å². The van der Waals surface area contributed by atoms with Crippen LogP contribution in [0.4, 0.5) is 0 Å². The van der Waals surface area contributed by atoms with Crippen molar-refractivity contribution in [2.45, 2.75) is 136 Å². The Morgan fingerprint density at radius 1 is 0.576 bits per heavy atom. The van der Waals surface area contributed by atoms with Gasteiger partial charge in [-0.3, -0.25) is 9.59 Å². The van der Waals surface area contributed by atoms with E-state index in [9.17, 15) is 9.59 Å². The van der Waals surface area contributed by atoms with Crippen LogP contribution in [0.5, 0.6) is 0 Å². The molecule has 0 heterocycles. The standard InChI is InChI=1S/C28H54O5/c1-4-5-6-7-8-9-10-11-12-13-14-15-16-17-18-23-32-27(29)19-20-28(30)33-25-22-26(2)21-24-31-3/h26H,4-25H2,1-3H3. The highest BCUT2D eigenvalue weighted by Crippen LogP contribution is 2.13. The van der Waals surface area contributed by atoms with Gasteiger partial charge in [-0.1, -0.05) is 104 Å². The van der Waals surface area contributed by atoms with Gasteiger partial charge in [-0.2, -0.15) is 0 Å². The van der Waals surface area contributed by atoms with Crippen LogP contribution in [0.1, 0.15) is 136 Å². The summed E-state index contributed by atoms with van der Waals surface area (Å²) in [6.45, 7) is 5.97. The van der Waals surface area contributed by atoms with E-state index in [1.54, 1.807) is 7.11 Å². The maximum absolute atomic E-state index is 11.8. The molecule has 0 bridgehead atoms. The van der Waals surface area contributed by atoms with E-state index in [0.717, 1.165) is 32.3 Å². The third-order valence-corrected chi connectivity index (χ3v) is 6.23. The van der Waals surface area contributed by atoms with Gasteiger partial charge in [0.1, 0.15) is 0 Å². The second-order valence-electron chi connectivity index (χ2n) is 9.57. The van der Waals surface area contributed by atoms with Crippen LogP contribution in [0.2, 0.25) is 0 Å². The van der Waals surface area contributed by atoms with Crippen LogP contribution < -0.4 is 0 Å². The first-order chi connectivity index (χ1) is 16.1. The minimum atomic E-state index is -0.321. The highest BCUT2D eigenvalue weighted by Gasteiger charge is 2.10. The van der Waals surface area contributed by atoms with Gasteiger partial charge in [-0.05, 0) is 25.2 Å². The van der Waals surface area contributed by atoms with Gasteiger partial charge in [0.2, 0.25) is 0 Å². The van der Waals surface area contributed by atoms with Crippen LogP contribution in [-0.2, 0) is 23.8 Å². The van der Waals surface area contributed by atoms with Gasteiger partial charge in [-0.15, -0.1) is 0 Å². The third kappa shape index (κ3) is 25.4. The maximum Gasteiger partial charge on any atom is 0.306 e. The molecule has 5 heteroatoms. The quantitative estimate of drug-likeness (QED) is 0.101. The van der Waals surface area contributed by atoms with Crippen molar-refractivity contribution in [3.05, 3.63) is 0 Å². The Hall–Kier alpha value is -1.10. The lowest BCUT2D eigenvalue weighted by molar-refractivity contribution is -0.150. The molecule has 0 aliphatic rings. The lowest BCUT2D eigenvalue weighted by atomic mass is 10.0. The summed E-state index contributed by atoms with van der Waals surface area (Å²) in [7, 11) is 1.69. The first kappa shape index (κ1) is 31.9. The summed E-state index contributed by atoms with van der Waals surface area (Å²) in [6.07, 6.45) is 21.8. The molecule has 0 aromatic heterocycles. The Morgan fingerprint density at radius 3 is 1.42 bits per heavy atom. The molecule has 0 N–H and O–H groups in total. The van der Waals surface area contributed by atoms with Gasteiger partial charge < -0.3 is 14.2 Å². The molecule has 0 aromatic carbocycles. The monoisotopic (exact) mass is 470 g/mol. The van der Waals surface area contributed by atoms with Crippen LogP contribution in [-0.4, -0.2) is 38.9 Å². The zero-order chi connectivity index (χ0) is 24.4. The molecule has 1 atom stereocenters. The summed E-state index contributed by atoms with van der Waals surface area (Å²) in [5, 5.41) is 0. The first-order valence-corrected chi connectivity index (χ1v) is 13.9. The van der Waals surface area contributed by atoms with Crippen LogP contribution in [0.3, 0.4) is 0 Å². The van der Waals surface area contributed by atoms with Gasteiger partial charge in [0, 0.05) is 13.7 Å². The molecule has 0 spiro atoms. The lowest BCUT2D eigenvalue weighted by Crippen LogP contribution is -2.13. The van der Waals surface area contributed by atoms with Crippen LogP contribution in [0.25, 0.3) is 0 Å². The highest BCUT2D eigenvalue weighted by molar-refractivity contribution is 5.77. The van der Waals surface area contributed by atoms with Gasteiger partial charge in [0.25, 0.3) is 0 Å². The fourth-order valence-electron chi connectivity index (χ4n) is 3.85. The number of hydrogen-bond acceptors (Lipinski definition) is 5. The summed E-state index contributed by atoms with van der Waals surface area (Å²) in [5.41, 5.74) is 0. The zero-order valence-corrected chi connectivity index (χ0v) is 22.2. The fraction of sp³-hybridized carbons (Fsp3) is 0.929. The summed E-state index contributed by atoms with van der Waals surface area (Å²) >= 11 is 0. The van der Waals surface area contributed by atoms with Crippen molar-refractivity contribution in [1.29, 1.82) is 0 Å². The Labute approximate surface area is 204 Å². The average Bonchev–Trinajstić information content (AvgIpc) is 2.81. The second kappa shape index (κ2) is 25.5. The predicted molar refractivity (Wildman–Crippen MR) is 136 cm³/mol. The normalized spacial score (nSPS) is 12.0. The predicted octanol–water partition coefficient (Wildman–Crippen LogP) is 7.79. The van der Waals surface area contributed by atoms with Crippen LogP contribution in [0, 0.1) is 5.92 Å². The summed E-state index contributed by atoms with van der Waals surface area (Å²) < 4.78 is 15.5. The number of esters is 2. The van der Waals surface area contributed by atoms with E-state index >= 15 is 0 Å². The van der Waals surface area contributed by atoms with E-state index in [2.05, 4.69) is 13.8 Å². The van der Waals surface area contributed by atoms with Gasteiger partial charge in [-0.25, -0.2) is 0 Å². The number of rotatable bonds is 25. The number of hydrogen-bond donors (Lipinski definition) is 0. The summed E-state index contributed by atoms with van der Waals surface area (Å²) in [5.74, 6) is -0.165. The van der Waals surface area contributed by atoms with Crippen molar-refractivity contribution < 1.29 is 23.8 Å². The molecule has 0 amide bonds. The van der Waals surface area contributed by atoms with E-state index in [-0.39, 0.29) is 24.8 Å². The summed E-state index contributed by atoms with van der Waals surface area (Å²) in [6, 6.07) is 0. The largest absolute Gasteiger partial charge is 0.466 e. The Bertz CT molecular complexity index is 438. The van der Waals surface area contributed by atoms with Gasteiger partial charge in [0.15, 0.2) is 0 Å². The molecule has 5 nitrogen and oxygen atoms in total. The molecule has 0 saturated heterocycles. The highest BCUT2D eigenvalue weighted by atomic mass is 16.5. The first-order valence-electron chi connectivity index (χ1n) is 13.9. The average molecular weight is 471 g/mol. The minimum Gasteiger partial charge on any atom is -0.466 e. The number of ether oxygens (including phenoxy) is 3. The second-order valence-corrected chi connectivity index (χ2v) is 9.57. The molecule has 196 valence electrons. The van der Waals surface area contributed by atoms with Crippen molar-refractivity contribution in [3.63, 3.8) is 0 Å². The van der Waals surface area contributed by atoms with Crippen molar-refractivity contribution in [1.82, 2.24) is 0 Å². The van der Waals surface area contributed by atoms with E-state index in [4.69, 9.17) is 14.2 Å². The number of carbonyl (C=O) groups excluding carboxylic acids is 2. The molecule has 33 heavy (non-hydrogen) atoms. The smallest absolute Gasteiger partial charge is 0.306 e. The molecule has 0 radical (unpaired) electrons. The van der Waals surface area contributed by atoms with Gasteiger partial charge in [0.05, 0.1) is 26.1 Å². The maximum atomic E-state index is 11.8. The van der Waals surface area contributed by atoms with E-state index in [1.807, 2.05) is 0 Å². The van der Waals surface area contributed by atoms with Crippen molar-refractivity contribution in [3.8, 4) is 0 Å². The Balaban J connectivity index is 3.32. The zero-order valence-electron chi connectivity index (χ0n) is 22.2. The number of methoxy groups -OCH3 is 1. The molecule has 0 aliphatic heterocycles. The van der Waals surface area contributed by atoms with E-state index < -0.39 is 0 Å². The Morgan fingerprint density at radius 2 is 0.970 bits per heavy atom. The van der Waals surface area contributed by atoms with E-state index in [1.165, 1.54) is 83.5 Å². The SMILES string of the molecule is CCCCCCCCCCCCCCCCCOC(=O)CCC(=O)OCCC(C)CCOC. The molecule has 1 unspecified atom stereocenters. The molecular weight excluding hydrogens is 416 g/mol. The van der Waals surface area contributed by atoms with Crippen molar-refractivity contribution in [2.75, 3.05) is 26.9 Å². The Kier molecular flexibility index (Phi) is 24.7. The molecular formula is C28H54O5. The van der Waals surface area contributed by atoms with E-state index in [0.29, 0.717) is 19.1 Å². The molecule has 0 aromatic rings. The van der Waals surface area contributed by atoms with Crippen LogP contribution in [0.15, 0.2) is 0 Å². The fourth-order valence-corrected chi connectivity index (χ4v) is 3.85. The molecule has 0 aliphatic carbocycles.